The van der Waals surface area contributed by atoms with Gasteiger partial charge in [-0.2, -0.15) is 0 Å². The largest absolute Gasteiger partial charge is 0.356 e. The number of nitrogens with one attached hydrogen (secondary N) is 1. The maximum atomic E-state index is 8.23. The molecule has 0 aliphatic carbocycles. The number of amidine groups is 1. The second-order valence-corrected chi connectivity index (χ2v) is 5.40. The monoisotopic (exact) mass is 216 g/mol. The van der Waals surface area contributed by atoms with E-state index in [0.717, 1.165) is 18.7 Å². The maximum absolute atomic E-state index is 8.23. The zero-order chi connectivity index (χ0) is 11.6. The summed E-state index contributed by atoms with van der Waals surface area (Å²) in [4.78, 5) is 2.21. The summed E-state index contributed by atoms with van der Waals surface area (Å²) in [7, 11) is 0. The third-order valence-electron chi connectivity index (χ3n) is 3.26. The van der Waals surface area contributed by atoms with E-state index in [2.05, 4.69) is 18.7 Å². The standard InChI is InChI=1S/C14H20N2/c1-14(2)9-6-10-16(11-14)13(15)12-7-4-3-5-8-12/h3-5,7-8,15H,6,9-11H2,1-2H3. The average molecular weight is 216 g/mol. The van der Waals surface area contributed by atoms with Gasteiger partial charge in [-0.3, -0.25) is 5.41 Å². The molecule has 1 heterocycles. The number of likely N-dealkylation sites (tertiary alicyclic amines) is 1. The van der Waals surface area contributed by atoms with Crippen LogP contribution in [0.5, 0.6) is 0 Å². The van der Waals surface area contributed by atoms with Gasteiger partial charge in [-0.25, -0.2) is 0 Å². The average Bonchev–Trinajstić information content (AvgIpc) is 2.28. The molecule has 0 unspecified atom stereocenters. The van der Waals surface area contributed by atoms with Gasteiger partial charge in [-0.15, -0.1) is 0 Å². The highest BCUT2D eigenvalue weighted by Crippen LogP contribution is 2.29. The van der Waals surface area contributed by atoms with Gasteiger partial charge in [0.05, 0.1) is 0 Å². The molecular formula is C14H20N2. The molecule has 0 aromatic heterocycles. The summed E-state index contributed by atoms with van der Waals surface area (Å²) < 4.78 is 0. The molecule has 1 aliphatic rings. The van der Waals surface area contributed by atoms with Crippen molar-refractivity contribution in [3.8, 4) is 0 Å². The summed E-state index contributed by atoms with van der Waals surface area (Å²) in [5, 5.41) is 8.23. The fourth-order valence-corrected chi connectivity index (χ4v) is 2.39. The molecule has 0 spiro atoms. The van der Waals surface area contributed by atoms with Gasteiger partial charge in [0, 0.05) is 18.7 Å². The van der Waals surface area contributed by atoms with E-state index in [4.69, 9.17) is 5.41 Å². The number of benzene rings is 1. The first-order valence-corrected chi connectivity index (χ1v) is 5.97. The first-order valence-electron chi connectivity index (χ1n) is 5.97. The maximum Gasteiger partial charge on any atom is 0.128 e. The highest BCUT2D eigenvalue weighted by atomic mass is 15.2. The Morgan fingerprint density at radius 2 is 1.94 bits per heavy atom. The summed E-state index contributed by atoms with van der Waals surface area (Å²) in [6.45, 7) is 6.60. The quantitative estimate of drug-likeness (QED) is 0.566. The molecule has 0 radical (unpaired) electrons. The van der Waals surface area contributed by atoms with E-state index in [1.165, 1.54) is 12.8 Å². The molecule has 0 atom stereocenters. The van der Waals surface area contributed by atoms with Crippen LogP contribution in [0.25, 0.3) is 0 Å². The van der Waals surface area contributed by atoms with Gasteiger partial charge in [0.1, 0.15) is 5.84 Å². The molecule has 1 aromatic rings. The Balaban J connectivity index is 2.11. The van der Waals surface area contributed by atoms with E-state index < -0.39 is 0 Å². The molecular weight excluding hydrogens is 196 g/mol. The second-order valence-electron chi connectivity index (χ2n) is 5.40. The molecule has 86 valence electrons. The molecule has 2 heteroatoms. The number of rotatable bonds is 1. The van der Waals surface area contributed by atoms with Gasteiger partial charge < -0.3 is 4.90 Å². The van der Waals surface area contributed by atoms with Crippen molar-refractivity contribution in [2.75, 3.05) is 13.1 Å². The minimum absolute atomic E-state index is 0.347. The van der Waals surface area contributed by atoms with Crippen LogP contribution in [0, 0.1) is 10.8 Å². The Morgan fingerprint density at radius 3 is 2.56 bits per heavy atom. The van der Waals surface area contributed by atoms with E-state index in [-0.39, 0.29) is 0 Å². The van der Waals surface area contributed by atoms with Crippen molar-refractivity contribution >= 4 is 5.84 Å². The molecule has 2 rings (SSSR count). The normalized spacial score (nSPS) is 19.5. The molecule has 1 saturated heterocycles. The van der Waals surface area contributed by atoms with Crippen molar-refractivity contribution in [1.29, 1.82) is 5.41 Å². The van der Waals surface area contributed by atoms with E-state index in [0.29, 0.717) is 11.3 Å². The lowest BCUT2D eigenvalue weighted by Gasteiger charge is -2.39. The number of hydrogen-bond acceptors (Lipinski definition) is 1. The van der Waals surface area contributed by atoms with Crippen molar-refractivity contribution in [2.45, 2.75) is 26.7 Å². The SMILES string of the molecule is CC1(C)CCCN(C(=N)c2ccccc2)C1. The molecule has 1 aliphatic heterocycles. The molecule has 2 nitrogen and oxygen atoms in total. The van der Waals surface area contributed by atoms with Crippen LogP contribution in [0.1, 0.15) is 32.3 Å². The Morgan fingerprint density at radius 1 is 1.25 bits per heavy atom. The molecule has 1 fully saturated rings. The molecule has 1 N–H and O–H groups in total. The molecule has 16 heavy (non-hydrogen) atoms. The van der Waals surface area contributed by atoms with E-state index in [9.17, 15) is 0 Å². The zero-order valence-corrected chi connectivity index (χ0v) is 10.2. The van der Waals surface area contributed by atoms with Crippen LogP contribution in [0.15, 0.2) is 30.3 Å². The molecule has 0 amide bonds. The van der Waals surface area contributed by atoms with Crippen molar-refractivity contribution in [3.63, 3.8) is 0 Å². The van der Waals surface area contributed by atoms with Crippen LogP contribution in [-0.4, -0.2) is 23.8 Å². The van der Waals surface area contributed by atoms with Gasteiger partial charge in [-0.05, 0) is 18.3 Å². The summed E-state index contributed by atoms with van der Waals surface area (Å²) >= 11 is 0. The van der Waals surface area contributed by atoms with E-state index in [1.54, 1.807) is 0 Å². The second kappa shape index (κ2) is 4.28. The van der Waals surface area contributed by atoms with Crippen LogP contribution in [0.2, 0.25) is 0 Å². The highest BCUT2D eigenvalue weighted by molar-refractivity contribution is 5.96. The summed E-state index contributed by atoms with van der Waals surface area (Å²) in [5.74, 6) is 0.674. The van der Waals surface area contributed by atoms with Gasteiger partial charge >= 0.3 is 0 Å². The Labute approximate surface area is 97.8 Å². The van der Waals surface area contributed by atoms with E-state index >= 15 is 0 Å². The first kappa shape index (κ1) is 11.2. The predicted octanol–water partition coefficient (Wildman–Crippen LogP) is 3.13. The minimum Gasteiger partial charge on any atom is -0.356 e. The van der Waals surface area contributed by atoms with Crippen molar-refractivity contribution in [2.24, 2.45) is 5.41 Å². The fourth-order valence-electron chi connectivity index (χ4n) is 2.39. The fraction of sp³-hybridized carbons (Fsp3) is 0.500. The van der Waals surface area contributed by atoms with Crippen LogP contribution < -0.4 is 0 Å². The van der Waals surface area contributed by atoms with Gasteiger partial charge in [0.25, 0.3) is 0 Å². The van der Waals surface area contributed by atoms with Crippen LogP contribution in [-0.2, 0) is 0 Å². The number of piperidine rings is 1. The number of nitrogens with zero attached hydrogens (tertiary/aromatic N) is 1. The Bertz CT molecular complexity index is 368. The van der Waals surface area contributed by atoms with E-state index in [1.807, 2.05) is 30.3 Å². The minimum atomic E-state index is 0.347. The predicted molar refractivity (Wildman–Crippen MR) is 67.9 cm³/mol. The van der Waals surface area contributed by atoms with Crippen molar-refractivity contribution in [1.82, 2.24) is 4.90 Å². The lowest BCUT2D eigenvalue weighted by Crippen LogP contribution is -2.43. The van der Waals surface area contributed by atoms with Crippen molar-refractivity contribution < 1.29 is 0 Å². The van der Waals surface area contributed by atoms with Crippen LogP contribution >= 0.6 is 0 Å². The topological polar surface area (TPSA) is 27.1 Å². The van der Waals surface area contributed by atoms with Crippen LogP contribution in [0.3, 0.4) is 0 Å². The van der Waals surface area contributed by atoms with Gasteiger partial charge in [0.15, 0.2) is 0 Å². The van der Waals surface area contributed by atoms with Crippen molar-refractivity contribution in [3.05, 3.63) is 35.9 Å². The third-order valence-corrected chi connectivity index (χ3v) is 3.26. The zero-order valence-electron chi connectivity index (χ0n) is 10.2. The van der Waals surface area contributed by atoms with Gasteiger partial charge in [0.2, 0.25) is 0 Å². The summed E-state index contributed by atoms with van der Waals surface area (Å²) in [6.07, 6.45) is 2.47. The number of hydrogen-bond donors (Lipinski definition) is 1. The first-order chi connectivity index (χ1) is 7.58. The lowest BCUT2D eigenvalue weighted by molar-refractivity contribution is 0.178. The highest BCUT2D eigenvalue weighted by Gasteiger charge is 2.27. The molecule has 0 saturated carbocycles. The van der Waals surface area contributed by atoms with Crippen LogP contribution in [0.4, 0.5) is 0 Å². The van der Waals surface area contributed by atoms with Gasteiger partial charge in [-0.1, -0.05) is 44.2 Å². The smallest absolute Gasteiger partial charge is 0.128 e. The Hall–Kier alpha value is -1.31. The lowest BCUT2D eigenvalue weighted by atomic mass is 9.84. The Kier molecular flexibility index (Phi) is 2.99. The molecule has 0 bridgehead atoms. The summed E-state index contributed by atoms with van der Waals surface area (Å²) in [5.41, 5.74) is 1.37. The third kappa shape index (κ3) is 2.43. The summed E-state index contributed by atoms with van der Waals surface area (Å²) in [6, 6.07) is 10.0. The molecule has 1 aromatic carbocycles.